The van der Waals surface area contributed by atoms with E-state index in [-0.39, 0.29) is 6.04 Å². The molecule has 2 aliphatic heterocycles. The second kappa shape index (κ2) is 7.14. The molecular formula is C15H26N2O2S. The van der Waals surface area contributed by atoms with Crippen LogP contribution in [0, 0.1) is 5.92 Å². The molecule has 1 N–H and O–H groups in total. The third-order valence-corrected chi connectivity index (χ3v) is 5.75. The van der Waals surface area contributed by atoms with Gasteiger partial charge in [-0.2, -0.15) is 0 Å². The smallest absolute Gasteiger partial charge is 0.240 e. The minimum Gasteiger partial charge on any atom is -0.378 e. The third kappa shape index (κ3) is 3.68. The molecule has 20 heavy (non-hydrogen) atoms. The molecule has 0 aromatic heterocycles. The summed E-state index contributed by atoms with van der Waals surface area (Å²) in [5.41, 5.74) is 0. The molecule has 4 nitrogen and oxygen atoms in total. The zero-order valence-electron chi connectivity index (χ0n) is 12.2. The maximum Gasteiger partial charge on any atom is 0.240 e. The maximum absolute atomic E-state index is 12.3. The van der Waals surface area contributed by atoms with Gasteiger partial charge in [0, 0.05) is 31.3 Å². The molecule has 1 amide bonds. The van der Waals surface area contributed by atoms with Gasteiger partial charge in [-0.3, -0.25) is 10.1 Å². The molecular weight excluding hydrogens is 272 g/mol. The number of carbonyl (C=O) groups excluding carboxylic acids is 1. The Morgan fingerprint density at radius 2 is 1.95 bits per heavy atom. The number of piperidine rings is 1. The fourth-order valence-electron chi connectivity index (χ4n) is 3.47. The average molecular weight is 298 g/mol. The van der Waals surface area contributed by atoms with Gasteiger partial charge in [0.2, 0.25) is 5.91 Å². The van der Waals surface area contributed by atoms with Gasteiger partial charge in [0.25, 0.3) is 0 Å². The lowest BCUT2D eigenvalue weighted by atomic mass is 10.1. The van der Waals surface area contributed by atoms with Gasteiger partial charge in [0.15, 0.2) is 0 Å². The summed E-state index contributed by atoms with van der Waals surface area (Å²) in [6.07, 6.45) is 7.87. The number of likely N-dealkylation sites (tertiary alicyclic amines) is 1. The van der Waals surface area contributed by atoms with E-state index < -0.39 is 0 Å². The van der Waals surface area contributed by atoms with Gasteiger partial charge in [0.1, 0.15) is 0 Å². The molecule has 3 aliphatic rings. The highest BCUT2D eigenvalue weighted by molar-refractivity contribution is 7.99. The molecule has 1 saturated carbocycles. The Hall–Kier alpha value is -0.260. The van der Waals surface area contributed by atoms with Crippen LogP contribution in [0.3, 0.4) is 0 Å². The van der Waals surface area contributed by atoms with Crippen LogP contribution in [0.15, 0.2) is 0 Å². The van der Waals surface area contributed by atoms with Crippen molar-refractivity contribution < 1.29 is 9.53 Å². The van der Waals surface area contributed by atoms with Crippen molar-refractivity contribution in [2.75, 3.05) is 31.3 Å². The van der Waals surface area contributed by atoms with Crippen molar-refractivity contribution in [3.63, 3.8) is 0 Å². The van der Waals surface area contributed by atoms with Crippen molar-refractivity contribution in [2.24, 2.45) is 5.92 Å². The van der Waals surface area contributed by atoms with Gasteiger partial charge < -0.3 is 9.64 Å². The van der Waals surface area contributed by atoms with Crippen molar-refractivity contribution in [1.82, 2.24) is 10.2 Å². The van der Waals surface area contributed by atoms with Crippen LogP contribution >= 0.6 is 11.8 Å². The quantitative estimate of drug-likeness (QED) is 0.860. The normalized spacial score (nSPS) is 29.2. The molecule has 3 rings (SSSR count). The van der Waals surface area contributed by atoms with Gasteiger partial charge in [-0.1, -0.05) is 12.8 Å². The first-order valence-corrected chi connectivity index (χ1v) is 9.20. The number of thioether (sulfide) groups is 1. The van der Waals surface area contributed by atoms with Crippen molar-refractivity contribution in [3.8, 4) is 0 Å². The summed E-state index contributed by atoms with van der Waals surface area (Å²) in [6, 6.07) is 0.0518. The van der Waals surface area contributed by atoms with E-state index in [1.165, 1.54) is 25.7 Å². The van der Waals surface area contributed by atoms with Crippen LogP contribution in [0.4, 0.5) is 0 Å². The molecule has 0 radical (unpaired) electrons. The summed E-state index contributed by atoms with van der Waals surface area (Å²) in [4.78, 5) is 14.3. The van der Waals surface area contributed by atoms with Crippen molar-refractivity contribution in [3.05, 3.63) is 0 Å². The summed E-state index contributed by atoms with van der Waals surface area (Å²) in [7, 11) is 0. The Morgan fingerprint density at radius 3 is 2.60 bits per heavy atom. The molecule has 2 saturated heterocycles. The van der Waals surface area contributed by atoms with Crippen LogP contribution in [-0.2, 0) is 9.53 Å². The van der Waals surface area contributed by atoms with Crippen LogP contribution < -0.4 is 5.32 Å². The molecule has 1 atom stereocenters. The largest absolute Gasteiger partial charge is 0.378 e. The topological polar surface area (TPSA) is 41.6 Å². The summed E-state index contributed by atoms with van der Waals surface area (Å²) >= 11 is 1.81. The lowest BCUT2D eigenvalue weighted by Crippen LogP contribution is -2.49. The fourth-order valence-corrected chi connectivity index (χ4v) is 4.40. The zero-order chi connectivity index (χ0) is 13.8. The van der Waals surface area contributed by atoms with E-state index in [2.05, 4.69) is 5.32 Å². The van der Waals surface area contributed by atoms with Crippen molar-refractivity contribution in [2.45, 2.75) is 50.7 Å². The van der Waals surface area contributed by atoms with Gasteiger partial charge in [-0.25, -0.2) is 0 Å². The monoisotopic (exact) mass is 298 g/mol. The van der Waals surface area contributed by atoms with Crippen molar-refractivity contribution in [1.29, 1.82) is 0 Å². The van der Waals surface area contributed by atoms with Gasteiger partial charge in [-0.15, -0.1) is 11.8 Å². The summed E-state index contributed by atoms with van der Waals surface area (Å²) in [6.45, 7) is 2.69. The van der Waals surface area contributed by atoms with E-state index in [9.17, 15) is 4.79 Å². The number of carbonyl (C=O) groups is 1. The van der Waals surface area contributed by atoms with Gasteiger partial charge >= 0.3 is 0 Å². The Morgan fingerprint density at radius 1 is 1.20 bits per heavy atom. The minimum absolute atomic E-state index is 0.0518. The highest BCUT2D eigenvalue weighted by Gasteiger charge is 2.30. The summed E-state index contributed by atoms with van der Waals surface area (Å²) in [5.74, 6) is 2.94. The van der Waals surface area contributed by atoms with Crippen LogP contribution in [0.2, 0.25) is 0 Å². The molecule has 1 aliphatic carbocycles. The van der Waals surface area contributed by atoms with E-state index in [1.54, 1.807) is 0 Å². The standard InChI is InChI=1S/C15H26N2O2S/c18-15(14-10-20-11-16-14)17-7-5-13(6-8-17)19-9-12-3-1-2-4-12/h12-14,16H,1-11H2/t14-/m0/s1. The van der Waals surface area contributed by atoms with Gasteiger partial charge in [-0.05, 0) is 31.6 Å². The number of hydrogen-bond donors (Lipinski definition) is 1. The molecule has 114 valence electrons. The lowest BCUT2D eigenvalue weighted by molar-refractivity contribution is -0.135. The Bertz CT molecular complexity index is 320. The lowest BCUT2D eigenvalue weighted by Gasteiger charge is -2.33. The highest BCUT2D eigenvalue weighted by atomic mass is 32.2. The molecule has 0 aromatic carbocycles. The van der Waals surface area contributed by atoms with E-state index in [0.29, 0.717) is 12.0 Å². The van der Waals surface area contributed by atoms with Gasteiger partial charge in [0.05, 0.1) is 12.1 Å². The molecule has 0 unspecified atom stereocenters. The predicted octanol–water partition coefficient (Wildman–Crippen LogP) is 1.85. The van der Waals surface area contributed by atoms with Crippen LogP contribution in [-0.4, -0.2) is 54.3 Å². The first kappa shape index (κ1) is 14.7. The molecule has 0 bridgehead atoms. The SMILES string of the molecule is O=C([C@@H]1CSCN1)N1CCC(OCC2CCCC2)CC1. The summed E-state index contributed by atoms with van der Waals surface area (Å²) in [5, 5.41) is 3.27. The third-order valence-electron chi connectivity index (χ3n) is 4.81. The van der Waals surface area contributed by atoms with Crippen LogP contribution in [0.1, 0.15) is 38.5 Å². The van der Waals surface area contributed by atoms with Crippen LogP contribution in [0.5, 0.6) is 0 Å². The maximum atomic E-state index is 12.3. The second-order valence-electron chi connectivity index (χ2n) is 6.28. The minimum atomic E-state index is 0.0518. The van der Waals surface area contributed by atoms with E-state index in [4.69, 9.17) is 4.74 Å². The van der Waals surface area contributed by atoms with E-state index >= 15 is 0 Å². The Balaban J connectivity index is 1.36. The van der Waals surface area contributed by atoms with Crippen LogP contribution in [0.25, 0.3) is 0 Å². The Labute approximate surface area is 126 Å². The molecule has 2 heterocycles. The molecule has 3 fully saturated rings. The zero-order valence-corrected chi connectivity index (χ0v) is 13.0. The first-order valence-electron chi connectivity index (χ1n) is 8.04. The number of ether oxygens (including phenoxy) is 1. The molecule has 5 heteroatoms. The number of amides is 1. The van der Waals surface area contributed by atoms with E-state index in [1.807, 2.05) is 16.7 Å². The molecule has 0 aromatic rings. The summed E-state index contributed by atoms with van der Waals surface area (Å²) < 4.78 is 6.06. The van der Waals surface area contributed by atoms with Crippen molar-refractivity contribution >= 4 is 17.7 Å². The fraction of sp³-hybridized carbons (Fsp3) is 0.933. The number of hydrogen-bond acceptors (Lipinski definition) is 4. The highest BCUT2D eigenvalue weighted by Crippen LogP contribution is 2.26. The molecule has 0 spiro atoms. The number of nitrogens with one attached hydrogen (secondary N) is 1. The number of rotatable bonds is 4. The Kier molecular flexibility index (Phi) is 5.24. The number of nitrogens with zero attached hydrogens (tertiary/aromatic N) is 1. The first-order chi connectivity index (χ1) is 9.83. The van der Waals surface area contributed by atoms with E-state index in [0.717, 1.165) is 50.1 Å². The predicted molar refractivity (Wildman–Crippen MR) is 81.8 cm³/mol. The average Bonchev–Trinajstić information content (AvgIpc) is 3.18. The second-order valence-corrected chi connectivity index (χ2v) is 7.31.